The molecule has 3 unspecified atom stereocenters. The fourth-order valence-electron chi connectivity index (χ4n) is 7.34. The first kappa shape index (κ1) is 24.4. The number of hydrogen-bond acceptors (Lipinski definition) is 6. The molecule has 2 fully saturated rings. The van der Waals surface area contributed by atoms with Gasteiger partial charge in [-0.1, -0.05) is 13.0 Å². The van der Waals surface area contributed by atoms with Crippen molar-refractivity contribution in [3.8, 4) is 5.75 Å². The number of carbonyl (C=O) groups is 1. The molecule has 1 aromatic carbocycles. The maximum Gasteiger partial charge on any atom is 0.226 e. The number of rotatable bonds is 7. The number of methoxy groups -OCH3 is 1. The molecule has 0 aliphatic heterocycles. The third-order valence-electron chi connectivity index (χ3n) is 8.79. The lowest BCUT2D eigenvalue weighted by Gasteiger charge is -2.50. The summed E-state index contributed by atoms with van der Waals surface area (Å²) in [6.45, 7) is 5.79. The number of anilines is 1. The van der Waals surface area contributed by atoms with E-state index in [-0.39, 0.29) is 11.3 Å². The summed E-state index contributed by atoms with van der Waals surface area (Å²) in [4.78, 5) is 23.2. The Labute approximate surface area is 212 Å². The average Bonchev–Trinajstić information content (AvgIpc) is 3.37. The second-order valence-electron chi connectivity index (χ2n) is 10.8. The highest BCUT2D eigenvalue weighted by Gasteiger charge is 2.57. The van der Waals surface area contributed by atoms with Crippen LogP contribution in [-0.4, -0.2) is 42.0 Å². The minimum Gasteiger partial charge on any atom is -0.508 e. The molecule has 3 aliphatic carbocycles. The molecule has 0 bridgehead atoms. The standard InChI is InChI=1S/C28H37N3O3S/c1-17-16-30-27(35-17)31-25(33)9-5-19-15-24(29-12-13-34-3)28(2)11-10-22-21-8-6-20(32)14-18(21)4-7-23(22)26(19)28/h6,8,14,16,19,22-23,26,32H,4-5,7,9-13,15H2,1-3H3,(H,30,31,33)/b29-24+/t19-,22?,23?,26?,28-/m1/s1. The number of carbonyl (C=O) groups excluding carboxylic acids is 1. The molecule has 1 aromatic heterocycles. The van der Waals surface area contributed by atoms with Crippen LogP contribution in [0.3, 0.4) is 0 Å². The number of aromatic nitrogens is 1. The Morgan fingerprint density at radius 1 is 1.37 bits per heavy atom. The van der Waals surface area contributed by atoms with E-state index in [9.17, 15) is 9.90 Å². The van der Waals surface area contributed by atoms with Crippen molar-refractivity contribution in [2.24, 2.45) is 28.2 Å². The SMILES string of the molecule is COCC/N=C1\C[C@@H](CCC(=O)Nc2ncc(C)s2)C2C3CCc4cc(O)ccc4C3CC[C@]12C. The number of amides is 1. The van der Waals surface area contributed by atoms with E-state index in [2.05, 4.69) is 23.3 Å². The molecule has 35 heavy (non-hydrogen) atoms. The quantitative estimate of drug-likeness (QED) is 0.479. The number of aliphatic imine (C=N–C) groups is 1. The minimum atomic E-state index is 0.0580. The summed E-state index contributed by atoms with van der Waals surface area (Å²) in [7, 11) is 1.73. The molecule has 188 valence electrons. The summed E-state index contributed by atoms with van der Waals surface area (Å²) in [6.07, 6.45) is 8.64. The highest BCUT2D eigenvalue weighted by atomic mass is 32.1. The van der Waals surface area contributed by atoms with Crippen LogP contribution in [0, 0.1) is 30.1 Å². The number of ether oxygens (including phenoxy) is 1. The second-order valence-corrected chi connectivity index (χ2v) is 12.1. The van der Waals surface area contributed by atoms with Crippen molar-refractivity contribution in [2.45, 2.75) is 64.7 Å². The van der Waals surface area contributed by atoms with Crippen molar-refractivity contribution in [1.29, 1.82) is 0 Å². The van der Waals surface area contributed by atoms with Gasteiger partial charge in [-0.05, 0) is 92.4 Å². The third kappa shape index (κ3) is 4.77. The molecule has 2 aromatic rings. The van der Waals surface area contributed by atoms with Gasteiger partial charge in [-0.2, -0.15) is 0 Å². The van der Waals surface area contributed by atoms with Crippen LogP contribution in [0.2, 0.25) is 0 Å². The molecule has 5 rings (SSSR count). The molecule has 1 amide bonds. The predicted octanol–water partition coefficient (Wildman–Crippen LogP) is 5.75. The van der Waals surface area contributed by atoms with E-state index in [1.54, 1.807) is 13.3 Å². The van der Waals surface area contributed by atoms with Crippen LogP contribution < -0.4 is 5.32 Å². The maximum atomic E-state index is 12.8. The van der Waals surface area contributed by atoms with Gasteiger partial charge in [0.1, 0.15) is 5.75 Å². The Hall–Kier alpha value is -2.25. The fraction of sp³-hybridized carbons (Fsp3) is 0.607. The van der Waals surface area contributed by atoms with Crippen molar-refractivity contribution >= 4 is 28.1 Å². The number of hydrogen-bond donors (Lipinski definition) is 2. The molecule has 0 radical (unpaired) electrons. The van der Waals surface area contributed by atoms with Crippen LogP contribution in [0.4, 0.5) is 5.13 Å². The van der Waals surface area contributed by atoms with Gasteiger partial charge in [0.15, 0.2) is 5.13 Å². The molecular formula is C28H37N3O3S. The second kappa shape index (κ2) is 10.0. The van der Waals surface area contributed by atoms with Gasteiger partial charge in [0.2, 0.25) is 5.91 Å². The van der Waals surface area contributed by atoms with Crippen molar-refractivity contribution in [2.75, 3.05) is 25.6 Å². The number of nitrogens with zero attached hydrogens (tertiary/aromatic N) is 2. The zero-order valence-corrected chi connectivity index (χ0v) is 21.9. The number of nitrogens with one attached hydrogen (secondary N) is 1. The molecule has 2 saturated carbocycles. The third-order valence-corrected chi connectivity index (χ3v) is 9.62. The number of phenolic OH excluding ortho intramolecular Hbond substituents is 1. The van der Waals surface area contributed by atoms with E-state index in [4.69, 9.17) is 9.73 Å². The number of phenols is 1. The molecule has 0 spiro atoms. The first-order valence-corrected chi connectivity index (χ1v) is 13.8. The Kier molecular flexibility index (Phi) is 6.99. The summed E-state index contributed by atoms with van der Waals surface area (Å²) in [5.74, 6) is 2.54. The lowest BCUT2D eigenvalue weighted by Crippen LogP contribution is -2.44. The summed E-state index contributed by atoms with van der Waals surface area (Å²) in [5.41, 5.74) is 4.19. The predicted molar refractivity (Wildman–Crippen MR) is 140 cm³/mol. The zero-order valence-electron chi connectivity index (χ0n) is 21.0. The summed E-state index contributed by atoms with van der Waals surface area (Å²) in [6, 6.07) is 5.97. The maximum absolute atomic E-state index is 12.8. The van der Waals surface area contributed by atoms with E-state index in [1.807, 2.05) is 19.1 Å². The van der Waals surface area contributed by atoms with Crippen LogP contribution in [0.1, 0.15) is 67.4 Å². The number of aryl methyl sites for hydroxylation is 2. The van der Waals surface area contributed by atoms with E-state index < -0.39 is 0 Å². The van der Waals surface area contributed by atoms with Crippen LogP contribution >= 0.6 is 11.3 Å². The minimum absolute atomic E-state index is 0.0580. The average molecular weight is 496 g/mol. The molecule has 0 saturated heterocycles. The van der Waals surface area contributed by atoms with Gasteiger partial charge in [0, 0.05) is 35.7 Å². The summed E-state index contributed by atoms with van der Waals surface area (Å²) in [5, 5.41) is 13.7. The topological polar surface area (TPSA) is 83.8 Å². The van der Waals surface area contributed by atoms with E-state index in [1.165, 1.54) is 28.2 Å². The number of benzene rings is 1. The Morgan fingerprint density at radius 3 is 3.00 bits per heavy atom. The highest BCUT2D eigenvalue weighted by molar-refractivity contribution is 7.15. The van der Waals surface area contributed by atoms with E-state index in [0.29, 0.717) is 54.1 Å². The normalized spacial score (nSPS) is 30.5. The van der Waals surface area contributed by atoms with Crippen molar-refractivity contribution in [3.63, 3.8) is 0 Å². The van der Waals surface area contributed by atoms with Crippen LogP contribution in [0.15, 0.2) is 29.4 Å². The molecule has 3 aliphatic rings. The first-order valence-electron chi connectivity index (χ1n) is 13.0. The summed E-state index contributed by atoms with van der Waals surface area (Å²) < 4.78 is 5.28. The molecule has 2 N–H and O–H groups in total. The Balaban J connectivity index is 1.37. The van der Waals surface area contributed by atoms with Crippen LogP contribution in [0.5, 0.6) is 5.75 Å². The van der Waals surface area contributed by atoms with Gasteiger partial charge >= 0.3 is 0 Å². The monoisotopic (exact) mass is 495 g/mol. The Morgan fingerprint density at radius 2 is 2.23 bits per heavy atom. The van der Waals surface area contributed by atoms with Gasteiger partial charge in [-0.15, -0.1) is 11.3 Å². The molecule has 5 atom stereocenters. The summed E-state index contributed by atoms with van der Waals surface area (Å²) >= 11 is 1.52. The number of fused-ring (bicyclic) bond motifs is 5. The molecular weight excluding hydrogens is 458 g/mol. The van der Waals surface area contributed by atoms with Gasteiger partial charge in [-0.25, -0.2) is 4.98 Å². The number of thiazole rings is 1. The van der Waals surface area contributed by atoms with Gasteiger partial charge < -0.3 is 15.2 Å². The van der Waals surface area contributed by atoms with Gasteiger partial charge in [0.25, 0.3) is 0 Å². The lowest BCUT2D eigenvalue weighted by molar-refractivity contribution is -0.116. The van der Waals surface area contributed by atoms with Crippen molar-refractivity contribution < 1.29 is 14.6 Å². The Bertz CT molecular complexity index is 1110. The van der Waals surface area contributed by atoms with Crippen LogP contribution in [0.25, 0.3) is 0 Å². The van der Waals surface area contributed by atoms with Gasteiger partial charge in [0.05, 0.1) is 13.2 Å². The van der Waals surface area contributed by atoms with Crippen molar-refractivity contribution in [1.82, 2.24) is 4.98 Å². The number of aromatic hydroxyl groups is 1. The smallest absolute Gasteiger partial charge is 0.226 e. The van der Waals surface area contributed by atoms with E-state index >= 15 is 0 Å². The first-order chi connectivity index (χ1) is 16.9. The fourth-order valence-corrected chi connectivity index (χ4v) is 8.02. The molecule has 6 nitrogen and oxygen atoms in total. The molecule has 7 heteroatoms. The lowest BCUT2D eigenvalue weighted by atomic mass is 9.54. The molecule has 1 heterocycles. The largest absolute Gasteiger partial charge is 0.508 e. The van der Waals surface area contributed by atoms with E-state index in [0.717, 1.165) is 43.4 Å². The van der Waals surface area contributed by atoms with Crippen LogP contribution in [-0.2, 0) is 16.0 Å². The van der Waals surface area contributed by atoms with Gasteiger partial charge in [-0.3, -0.25) is 9.79 Å². The van der Waals surface area contributed by atoms with Crippen molar-refractivity contribution in [3.05, 3.63) is 40.4 Å². The highest BCUT2D eigenvalue weighted by Crippen LogP contribution is 2.62. The zero-order chi connectivity index (χ0) is 24.6.